The maximum Gasteiger partial charge on any atom is 0.347 e. The van der Waals surface area contributed by atoms with Gasteiger partial charge in [0.25, 0.3) is 0 Å². The number of hydrogen-bond acceptors (Lipinski definition) is 5. The van der Waals surface area contributed by atoms with E-state index >= 15 is 0 Å². The van der Waals surface area contributed by atoms with Gasteiger partial charge in [0.1, 0.15) is 13.2 Å². The molecule has 1 N–H and O–H groups in total. The summed E-state index contributed by atoms with van der Waals surface area (Å²) in [7, 11) is 0. The molecule has 17 heavy (non-hydrogen) atoms. The predicted octanol–water partition coefficient (Wildman–Crippen LogP) is 0.654. The SMILES string of the molecule is CC(OC(=O)CO)C(=O)OCc1ccccc1. The number of rotatable bonds is 5. The lowest BCUT2D eigenvalue weighted by atomic mass is 10.2. The highest BCUT2D eigenvalue weighted by atomic mass is 16.6. The van der Waals surface area contributed by atoms with E-state index in [0.717, 1.165) is 5.56 Å². The van der Waals surface area contributed by atoms with E-state index in [0.29, 0.717) is 0 Å². The first-order chi connectivity index (χ1) is 8.13. The van der Waals surface area contributed by atoms with Crippen molar-refractivity contribution in [2.75, 3.05) is 6.61 Å². The summed E-state index contributed by atoms with van der Waals surface area (Å²) >= 11 is 0. The Balaban J connectivity index is 2.37. The Morgan fingerprint density at radius 3 is 2.53 bits per heavy atom. The van der Waals surface area contributed by atoms with Crippen molar-refractivity contribution in [1.29, 1.82) is 0 Å². The molecule has 0 radical (unpaired) electrons. The molecule has 0 aromatic heterocycles. The van der Waals surface area contributed by atoms with Gasteiger partial charge >= 0.3 is 11.9 Å². The van der Waals surface area contributed by atoms with Crippen LogP contribution in [-0.4, -0.2) is 29.8 Å². The Kier molecular flexibility index (Phi) is 5.16. The zero-order valence-electron chi connectivity index (χ0n) is 9.46. The van der Waals surface area contributed by atoms with Crippen molar-refractivity contribution in [1.82, 2.24) is 0 Å². The van der Waals surface area contributed by atoms with Crippen LogP contribution in [0.2, 0.25) is 0 Å². The third-order valence-corrected chi connectivity index (χ3v) is 1.99. The molecule has 92 valence electrons. The van der Waals surface area contributed by atoms with Crippen LogP contribution in [-0.2, 0) is 25.7 Å². The highest BCUT2D eigenvalue weighted by molar-refractivity contribution is 5.79. The molecule has 0 fully saturated rings. The molecule has 1 unspecified atom stereocenters. The second-order valence-corrected chi connectivity index (χ2v) is 3.38. The largest absolute Gasteiger partial charge is 0.458 e. The number of esters is 2. The first kappa shape index (κ1) is 13.2. The molecule has 0 heterocycles. The minimum absolute atomic E-state index is 0.126. The third kappa shape index (κ3) is 4.65. The average molecular weight is 238 g/mol. The Hall–Kier alpha value is -1.88. The Morgan fingerprint density at radius 1 is 1.29 bits per heavy atom. The number of hydrogen-bond donors (Lipinski definition) is 1. The number of carbonyl (C=O) groups excluding carboxylic acids is 2. The minimum atomic E-state index is -1.02. The molecule has 0 aliphatic rings. The van der Waals surface area contributed by atoms with E-state index in [-0.39, 0.29) is 6.61 Å². The van der Waals surface area contributed by atoms with Crippen molar-refractivity contribution in [2.45, 2.75) is 19.6 Å². The van der Waals surface area contributed by atoms with Crippen LogP contribution in [0.4, 0.5) is 0 Å². The molecule has 0 spiro atoms. The van der Waals surface area contributed by atoms with Crippen LogP contribution in [0.25, 0.3) is 0 Å². The summed E-state index contributed by atoms with van der Waals surface area (Å²) in [6, 6.07) is 9.16. The van der Waals surface area contributed by atoms with Gasteiger partial charge in [0.2, 0.25) is 0 Å². The van der Waals surface area contributed by atoms with Crippen molar-refractivity contribution >= 4 is 11.9 Å². The van der Waals surface area contributed by atoms with Gasteiger partial charge in [0.15, 0.2) is 6.10 Å². The molecule has 0 saturated heterocycles. The van der Waals surface area contributed by atoms with E-state index in [4.69, 9.17) is 9.84 Å². The lowest BCUT2D eigenvalue weighted by Crippen LogP contribution is -2.27. The molecule has 1 rings (SSSR count). The van der Waals surface area contributed by atoms with Crippen LogP contribution in [0.3, 0.4) is 0 Å². The Morgan fingerprint density at radius 2 is 1.94 bits per heavy atom. The molecular weight excluding hydrogens is 224 g/mol. The van der Waals surface area contributed by atoms with Gasteiger partial charge in [-0.05, 0) is 12.5 Å². The first-order valence-corrected chi connectivity index (χ1v) is 5.14. The highest BCUT2D eigenvalue weighted by Crippen LogP contribution is 2.03. The standard InChI is InChI=1S/C12H14O5/c1-9(17-11(14)7-13)12(15)16-8-10-5-3-2-4-6-10/h2-6,9,13H,7-8H2,1H3. The second-order valence-electron chi connectivity index (χ2n) is 3.38. The van der Waals surface area contributed by atoms with E-state index in [1.54, 1.807) is 0 Å². The second kappa shape index (κ2) is 6.65. The van der Waals surface area contributed by atoms with Crippen molar-refractivity contribution in [3.8, 4) is 0 Å². The number of ether oxygens (including phenoxy) is 2. The fourth-order valence-corrected chi connectivity index (χ4v) is 1.13. The van der Waals surface area contributed by atoms with Crippen molar-refractivity contribution in [3.05, 3.63) is 35.9 Å². The number of carbonyl (C=O) groups is 2. The summed E-state index contributed by atoms with van der Waals surface area (Å²) in [5.41, 5.74) is 0.849. The van der Waals surface area contributed by atoms with Gasteiger partial charge in [0.05, 0.1) is 0 Å². The molecule has 0 amide bonds. The molecule has 5 heteroatoms. The summed E-state index contributed by atoms with van der Waals surface area (Å²) < 4.78 is 9.52. The van der Waals surface area contributed by atoms with E-state index < -0.39 is 24.6 Å². The Labute approximate surface area is 99.0 Å². The molecule has 5 nitrogen and oxygen atoms in total. The molecule has 1 aromatic rings. The summed E-state index contributed by atoms with van der Waals surface area (Å²) in [6.07, 6.45) is -1.02. The average Bonchev–Trinajstić information content (AvgIpc) is 2.36. The predicted molar refractivity (Wildman–Crippen MR) is 58.9 cm³/mol. The molecule has 1 aromatic carbocycles. The summed E-state index contributed by atoms with van der Waals surface area (Å²) in [5, 5.41) is 8.45. The minimum Gasteiger partial charge on any atom is -0.458 e. The maximum absolute atomic E-state index is 11.4. The number of aliphatic hydroxyl groups excluding tert-OH is 1. The van der Waals surface area contributed by atoms with E-state index in [1.807, 2.05) is 30.3 Å². The number of benzene rings is 1. The summed E-state index contributed by atoms with van der Waals surface area (Å²) in [5.74, 6) is -1.50. The summed E-state index contributed by atoms with van der Waals surface area (Å²) in [4.78, 5) is 22.1. The van der Waals surface area contributed by atoms with Crippen LogP contribution in [0.1, 0.15) is 12.5 Å². The topological polar surface area (TPSA) is 72.8 Å². The normalized spacial score (nSPS) is 11.6. The molecule has 1 atom stereocenters. The van der Waals surface area contributed by atoms with Gasteiger partial charge in [0, 0.05) is 0 Å². The van der Waals surface area contributed by atoms with Crippen LogP contribution in [0, 0.1) is 0 Å². The van der Waals surface area contributed by atoms with Gasteiger partial charge < -0.3 is 14.6 Å². The highest BCUT2D eigenvalue weighted by Gasteiger charge is 2.18. The third-order valence-electron chi connectivity index (χ3n) is 1.99. The van der Waals surface area contributed by atoms with Crippen molar-refractivity contribution in [2.24, 2.45) is 0 Å². The van der Waals surface area contributed by atoms with Crippen LogP contribution in [0.5, 0.6) is 0 Å². The van der Waals surface area contributed by atoms with Crippen LogP contribution >= 0.6 is 0 Å². The molecular formula is C12H14O5. The maximum atomic E-state index is 11.4. The van der Waals surface area contributed by atoms with Gasteiger partial charge in [-0.2, -0.15) is 0 Å². The number of aliphatic hydroxyl groups is 1. The zero-order valence-corrected chi connectivity index (χ0v) is 9.46. The monoisotopic (exact) mass is 238 g/mol. The van der Waals surface area contributed by atoms with Crippen LogP contribution in [0.15, 0.2) is 30.3 Å². The molecule has 0 saturated carbocycles. The fraction of sp³-hybridized carbons (Fsp3) is 0.333. The molecule has 0 bridgehead atoms. The van der Waals surface area contributed by atoms with Crippen molar-refractivity contribution < 1.29 is 24.2 Å². The van der Waals surface area contributed by atoms with Gasteiger partial charge in [-0.25, -0.2) is 9.59 Å². The zero-order chi connectivity index (χ0) is 12.7. The van der Waals surface area contributed by atoms with E-state index in [1.165, 1.54) is 6.92 Å². The van der Waals surface area contributed by atoms with Crippen molar-refractivity contribution in [3.63, 3.8) is 0 Å². The summed E-state index contributed by atoms with van der Waals surface area (Å²) in [6.45, 7) is 0.762. The van der Waals surface area contributed by atoms with Crippen LogP contribution < -0.4 is 0 Å². The fourth-order valence-electron chi connectivity index (χ4n) is 1.13. The van der Waals surface area contributed by atoms with Gasteiger partial charge in [-0.3, -0.25) is 0 Å². The van der Waals surface area contributed by atoms with E-state index in [2.05, 4.69) is 4.74 Å². The lowest BCUT2D eigenvalue weighted by molar-refractivity contribution is -0.168. The molecule has 0 aliphatic heterocycles. The smallest absolute Gasteiger partial charge is 0.347 e. The lowest BCUT2D eigenvalue weighted by Gasteiger charge is -2.11. The quantitative estimate of drug-likeness (QED) is 0.762. The van der Waals surface area contributed by atoms with Gasteiger partial charge in [-0.15, -0.1) is 0 Å². The first-order valence-electron chi connectivity index (χ1n) is 5.14. The Bertz CT molecular complexity index is 374. The van der Waals surface area contributed by atoms with Gasteiger partial charge in [-0.1, -0.05) is 30.3 Å². The molecule has 0 aliphatic carbocycles. The van der Waals surface area contributed by atoms with E-state index in [9.17, 15) is 9.59 Å².